The van der Waals surface area contributed by atoms with Crippen LogP contribution in [0.25, 0.3) is 0 Å². The standard InChI is InChI=1S/C8H8BrF4NO2/c9-3-4(15)7(1-2-7)14-6(16)8(12,13)5(10)11/h5H,1-3H2,(H,14,16). The largest absolute Gasteiger partial charge is 0.383 e. The van der Waals surface area contributed by atoms with Crippen molar-refractivity contribution in [2.24, 2.45) is 0 Å². The van der Waals surface area contributed by atoms with Gasteiger partial charge in [0, 0.05) is 0 Å². The van der Waals surface area contributed by atoms with E-state index in [0.29, 0.717) is 0 Å². The van der Waals surface area contributed by atoms with Crippen LogP contribution in [0.1, 0.15) is 12.8 Å². The molecule has 0 aromatic carbocycles. The Morgan fingerprint density at radius 2 is 1.88 bits per heavy atom. The molecule has 1 aliphatic rings. The van der Waals surface area contributed by atoms with E-state index in [2.05, 4.69) is 15.9 Å². The highest BCUT2D eigenvalue weighted by molar-refractivity contribution is 9.09. The molecule has 0 aromatic rings. The number of rotatable bonds is 5. The Labute approximate surface area is 96.7 Å². The van der Waals surface area contributed by atoms with E-state index in [1.54, 1.807) is 5.32 Å². The van der Waals surface area contributed by atoms with Crippen molar-refractivity contribution in [2.45, 2.75) is 30.7 Å². The van der Waals surface area contributed by atoms with Gasteiger partial charge in [-0.1, -0.05) is 15.9 Å². The number of carbonyl (C=O) groups is 2. The maximum atomic E-state index is 12.6. The molecule has 1 rings (SSSR count). The summed E-state index contributed by atoms with van der Waals surface area (Å²) >= 11 is 2.82. The summed E-state index contributed by atoms with van der Waals surface area (Å²) in [4.78, 5) is 22.1. The van der Waals surface area contributed by atoms with Crippen LogP contribution in [-0.4, -0.2) is 34.9 Å². The summed E-state index contributed by atoms with van der Waals surface area (Å²) in [5.74, 6) is -7.36. The van der Waals surface area contributed by atoms with Gasteiger partial charge in [-0.05, 0) is 12.8 Å². The second-order valence-electron chi connectivity index (χ2n) is 3.52. The monoisotopic (exact) mass is 305 g/mol. The number of hydrogen-bond donors (Lipinski definition) is 1. The maximum absolute atomic E-state index is 12.6. The highest BCUT2D eigenvalue weighted by atomic mass is 79.9. The third kappa shape index (κ3) is 2.36. The van der Waals surface area contributed by atoms with Crippen molar-refractivity contribution >= 4 is 27.6 Å². The maximum Gasteiger partial charge on any atom is 0.383 e. The number of nitrogens with one attached hydrogen (secondary N) is 1. The lowest BCUT2D eigenvalue weighted by Crippen LogP contribution is -2.53. The van der Waals surface area contributed by atoms with Crippen LogP contribution in [-0.2, 0) is 9.59 Å². The Morgan fingerprint density at radius 3 is 2.19 bits per heavy atom. The van der Waals surface area contributed by atoms with Gasteiger partial charge in [0.15, 0.2) is 5.78 Å². The molecule has 0 bridgehead atoms. The number of halogens is 5. The summed E-state index contributed by atoms with van der Waals surface area (Å²) in [6.07, 6.45) is -3.69. The molecule has 0 atom stereocenters. The molecular weight excluding hydrogens is 298 g/mol. The zero-order chi connectivity index (χ0) is 12.6. The molecule has 1 aliphatic carbocycles. The predicted molar refractivity (Wildman–Crippen MR) is 49.9 cm³/mol. The van der Waals surface area contributed by atoms with E-state index in [1.807, 2.05) is 0 Å². The van der Waals surface area contributed by atoms with Crippen molar-refractivity contribution < 1.29 is 27.2 Å². The molecule has 0 saturated heterocycles. The van der Waals surface area contributed by atoms with E-state index in [4.69, 9.17) is 0 Å². The van der Waals surface area contributed by atoms with E-state index in [9.17, 15) is 27.2 Å². The molecular formula is C8H8BrF4NO2. The first-order valence-corrected chi connectivity index (χ1v) is 5.46. The van der Waals surface area contributed by atoms with Crippen molar-refractivity contribution in [1.29, 1.82) is 0 Å². The van der Waals surface area contributed by atoms with Crippen LogP contribution in [0.4, 0.5) is 17.6 Å². The van der Waals surface area contributed by atoms with Gasteiger partial charge in [-0.15, -0.1) is 0 Å². The minimum absolute atomic E-state index is 0.118. The molecule has 3 nitrogen and oxygen atoms in total. The number of Topliss-reactive ketones (excluding diaryl/α,β-unsaturated/α-hetero) is 1. The van der Waals surface area contributed by atoms with Crippen LogP contribution in [0.2, 0.25) is 0 Å². The van der Waals surface area contributed by atoms with Crippen LogP contribution >= 0.6 is 15.9 Å². The number of amides is 1. The summed E-state index contributed by atoms with van der Waals surface area (Å²) in [6.45, 7) is 0. The Hall–Kier alpha value is -0.660. The summed E-state index contributed by atoms with van der Waals surface area (Å²) in [6, 6.07) is 0. The summed E-state index contributed by atoms with van der Waals surface area (Å²) in [5.41, 5.74) is -1.38. The zero-order valence-corrected chi connectivity index (χ0v) is 9.49. The highest BCUT2D eigenvalue weighted by Crippen LogP contribution is 2.38. The molecule has 0 spiro atoms. The first-order valence-electron chi connectivity index (χ1n) is 4.34. The van der Waals surface area contributed by atoms with Crippen molar-refractivity contribution in [3.05, 3.63) is 0 Å². The number of hydrogen-bond acceptors (Lipinski definition) is 2. The molecule has 0 unspecified atom stereocenters. The fraction of sp³-hybridized carbons (Fsp3) is 0.750. The van der Waals surface area contributed by atoms with Gasteiger partial charge in [0.2, 0.25) is 0 Å². The molecule has 16 heavy (non-hydrogen) atoms. The van der Waals surface area contributed by atoms with Crippen LogP contribution in [0.3, 0.4) is 0 Å². The van der Waals surface area contributed by atoms with Gasteiger partial charge in [0.1, 0.15) is 0 Å². The molecule has 1 saturated carbocycles. The van der Waals surface area contributed by atoms with Gasteiger partial charge < -0.3 is 5.32 Å². The molecule has 0 radical (unpaired) electrons. The van der Waals surface area contributed by atoms with E-state index < -0.39 is 29.6 Å². The second-order valence-corrected chi connectivity index (χ2v) is 4.08. The first-order chi connectivity index (χ1) is 7.26. The molecule has 0 aliphatic heterocycles. The molecule has 8 heteroatoms. The lowest BCUT2D eigenvalue weighted by molar-refractivity contribution is -0.170. The molecule has 92 valence electrons. The average molecular weight is 306 g/mol. The molecule has 0 aromatic heterocycles. The van der Waals surface area contributed by atoms with Gasteiger partial charge in [-0.3, -0.25) is 9.59 Å². The molecule has 0 heterocycles. The van der Waals surface area contributed by atoms with Crippen LogP contribution < -0.4 is 5.32 Å². The number of alkyl halides is 5. The molecule has 1 fully saturated rings. The van der Waals surface area contributed by atoms with E-state index >= 15 is 0 Å². The Balaban J connectivity index is 2.69. The Morgan fingerprint density at radius 1 is 1.38 bits per heavy atom. The lowest BCUT2D eigenvalue weighted by Gasteiger charge is -2.19. The van der Waals surface area contributed by atoms with Gasteiger partial charge in [0.25, 0.3) is 5.91 Å². The quantitative estimate of drug-likeness (QED) is 0.618. The normalized spacial score (nSPS) is 18.4. The fourth-order valence-corrected chi connectivity index (χ4v) is 1.66. The zero-order valence-electron chi connectivity index (χ0n) is 7.90. The van der Waals surface area contributed by atoms with E-state index in [1.165, 1.54) is 0 Å². The smallest absolute Gasteiger partial charge is 0.338 e. The van der Waals surface area contributed by atoms with E-state index in [0.717, 1.165) is 0 Å². The van der Waals surface area contributed by atoms with Crippen molar-refractivity contribution in [3.8, 4) is 0 Å². The first kappa shape index (κ1) is 13.4. The third-order valence-corrected chi connectivity index (χ3v) is 2.84. The summed E-state index contributed by atoms with van der Waals surface area (Å²) < 4.78 is 48.8. The topological polar surface area (TPSA) is 46.2 Å². The lowest BCUT2D eigenvalue weighted by atomic mass is 10.1. The SMILES string of the molecule is O=C(CBr)C1(NC(=O)C(F)(F)C(F)F)CC1. The Kier molecular flexibility index (Phi) is 3.61. The highest BCUT2D eigenvalue weighted by Gasteiger charge is 2.56. The molecule has 1 amide bonds. The number of ketones is 1. The third-order valence-electron chi connectivity index (χ3n) is 2.33. The van der Waals surface area contributed by atoms with Gasteiger partial charge >= 0.3 is 12.3 Å². The number of carbonyl (C=O) groups excluding carboxylic acids is 2. The Bertz CT molecular complexity index is 317. The minimum atomic E-state index is -4.76. The van der Waals surface area contributed by atoms with E-state index in [-0.39, 0.29) is 18.2 Å². The van der Waals surface area contributed by atoms with Crippen LogP contribution in [0.5, 0.6) is 0 Å². The van der Waals surface area contributed by atoms with Crippen molar-refractivity contribution in [3.63, 3.8) is 0 Å². The van der Waals surface area contributed by atoms with Gasteiger partial charge in [-0.25, -0.2) is 8.78 Å². The van der Waals surface area contributed by atoms with Gasteiger partial charge in [0.05, 0.1) is 10.9 Å². The second kappa shape index (κ2) is 4.31. The van der Waals surface area contributed by atoms with Crippen molar-refractivity contribution in [2.75, 3.05) is 5.33 Å². The summed E-state index contributed by atoms with van der Waals surface area (Å²) in [7, 11) is 0. The van der Waals surface area contributed by atoms with Crippen LogP contribution in [0, 0.1) is 0 Å². The van der Waals surface area contributed by atoms with Gasteiger partial charge in [-0.2, -0.15) is 8.78 Å². The molecule has 1 N–H and O–H groups in total. The fourth-order valence-electron chi connectivity index (χ4n) is 1.13. The van der Waals surface area contributed by atoms with Crippen LogP contribution in [0.15, 0.2) is 0 Å². The van der Waals surface area contributed by atoms with Crippen molar-refractivity contribution in [1.82, 2.24) is 5.32 Å². The summed E-state index contributed by atoms with van der Waals surface area (Å²) in [5, 5.41) is 1.57. The predicted octanol–water partition coefficient (Wildman–Crippen LogP) is 1.50. The minimum Gasteiger partial charge on any atom is -0.338 e. The average Bonchev–Trinajstić information content (AvgIpc) is 2.97.